The molecule has 0 bridgehead atoms. The van der Waals surface area contributed by atoms with Crippen LogP contribution in [0.25, 0.3) is 16.6 Å². The first-order chi connectivity index (χ1) is 13.7. The summed E-state index contributed by atoms with van der Waals surface area (Å²) < 4.78 is 1.24. The molecule has 28 heavy (non-hydrogen) atoms. The lowest BCUT2D eigenvalue weighted by Crippen LogP contribution is -2.24. The van der Waals surface area contributed by atoms with Crippen LogP contribution in [0.1, 0.15) is 25.8 Å². The van der Waals surface area contributed by atoms with Crippen molar-refractivity contribution < 1.29 is 5.11 Å². The van der Waals surface area contributed by atoms with Crippen molar-refractivity contribution in [3.63, 3.8) is 0 Å². The molecular weight excluding hydrogens is 352 g/mol. The predicted octanol–water partition coefficient (Wildman–Crippen LogP) is 3.24. The highest BCUT2D eigenvalue weighted by atomic mass is 16.3. The van der Waals surface area contributed by atoms with E-state index in [9.17, 15) is 9.90 Å². The van der Waals surface area contributed by atoms with Gasteiger partial charge >= 0.3 is 0 Å². The fraction of sp³-hybridized carbons (Fsp3) is 0.318. The van der Waals surface area contributed by atoms with Gasteiger partial charge in [0, 0.05) is 29.7 Å². The molecule has 0 amide bonds. The number of hydrogen-bond acceptors (Lipinski definition) is 5. The lowest BCUT2D eigenvalue weighted by Gasteiger charge is -2.16. The maximum Gasteiger partial charge on any atom is 0.267 e. The minimum Gasteiger partial charge on any atom is -0.494 e. The maximum absolute atomic E-state index is 12.9. The first-order valence-electron chi connectivity index (χ1n) is 9.67. The molecule has 6 heteroatoms. The van der Waals surface area contributed by atoms with E-state index in [0.29, 0.717) is 28.7 Å². The molecule has 3 aromatic rings. The minimum absolute atomic E-state index is 0.144. The molecule has 0 saturated carbocycles. The summed E-state index contributed by atoms with van der Waals surface area (Å²) in [5.74, 6) is 0.238. The van der Waals surface area contributed by atoms with E-state index < -0.39 is 0 Å². The Hall–Kier alpha value is -2.99. The summed E-state index contributed by atoms with van der Waals surface area (Å²) in [5.41, 5.74) is 0.231. The molecule has 0 aliphatic rings. The highest BCUT2D eigenvalue weighted by molar-refractivity contribution is 6.01. The van der Waals surface area contributed by atoms with E-state index in [0.717, 1.165) is 26.1 Å². The fourth-order valence-corrected chi connectivity index (χ4v) is 3.27. The van der Waals surface area contributed by atoms with Crippen LogP contribution < -0.4 is 5.56 Å². The van der Waals surface area contributed by atoms with Gasteiger partial charge in [-0.2, -0.15) is 0 Å². The van der Waals surface area contributed by atoms with Crippen LogP contribution in [0, 0.1) is 0 Å². The van der Waals surface area contributed by atoms with Gasteiger partial charge in [0.1, 0.15) is 5.82 Å². The van der Waals surface area contributed by atoms with E-state index in [-0.39, 0.29) is 11.4 Å². The van der Waals surface area contributed by atoms with Crippen molar-refractivity contribution in [2.45, 2.75) is 20.3 Å². The van der Waals surface area contributed by atoms with Gasteiger partial charge in [-0.1, -0.05) is 38.1 Å². The minimum atomic E-state index is -0.300. The number of nitrogens with zero attached hydrogens (tertiary/aromatic N) is 4. The number of aromatic nitrogens is 2. The Labute approximate surface area is 164 Å². The molecule has 0 saturated heterocycles. The average molecular weight is 378 g/mol. The largest absolute Gasteiger partial charge is 0.494 e. The highest BCUT2D eigenvalue weighted by Gasteiger charge is 2.16. The molecule has 6 nitrogen and oxygen atoms in total. The first-order valence-corrected chi connectivity index (χ1v) is 9.67. The van der Waals surface area contributed by atoms with Gasteiger partial charge in [-0.25, -0.2) is 9.55 Å². The molecule has 0 atom stereocenters. The summed E-state index contributed by atoms with van der Waals surface area (Å²) in [7, 11) is 0. The quantitative estimate of drug-likeness (QED) is 0.482. The zero-order valence-corrected chi connectivity index (χ0v) is 16.4. The topological polar surface area (TPSA) is 70.7 Å². The SMILES string of the molecule is CCN(CC)CCCN=Cc1c(O)n(-c2ccccn2)c(=O)c2ccccc12. The van der Waals surface area contributed by atoms with Crippen LogP contribution in [-0.4, -0.2) is 52.0 Å². The number of aromatic hydroxyl groups is 1. The lowest BCUT2D eigenvalue weighted by molar-refractivity contribution is 0.302. The smallest absolute Gasteiger partial charge is 0.267 e. The Balaban J connectivity index is 1.98. The van der Waals surface area contributed by atoms with Crippen molar-refractivity contribution in [3.8, 4) is 11.7 Å². The monoisotopic (exact) mass is 378 g/mol. The van der Waals surface area contributed by atoms with E-state index in [1.165, 1.54) is 4.57 Å². The van der Waals surface area contributed by atoms with Crippen molar-refractivity contribution >= 4 is 17.0 Å². The summed E-state index contributed by atoms with van der Waals surface area (Å²) >= 11 is 0. The van der Waals surface area contributed by atoms with Gasteiger partial charge in [-0.05, 0) is 44.3 Å². The standard InChI is InChI=1S/C22H26N4O2/c1-3-25(4-2)15-9-13-23-16-19-17-10-5-6-11-18(17)21(27)26(22(19)28)20-12-7-8-14-24-20/h5-8,10-12,14,16,28H,3-4,9,13,15H2,1-2H3. The number of rotatable bonds is 8. The van der Waals surface area contributed by atoms with Crippen LogP contribution in [0.5, 0.6) is 5.88 Å². The molecule has 0 aliphatic carbocycles. The van der Waals surface area contributed by atoms with E-state index in [1.54, 1.807) is 36.7 Å². The molecule has 146 valence electrons. The number of benzene rings is 1. The molecule has 0 radical (unpaired) electrons. The molecule has 1 aromatic carbocycles. The Morgan fingerprint density at radius 1 is 1.11 bits per heavy atom. The molecule has 3 rings (SSSR count). The van der Waals surface area contributed by atoms with Gasteiger partial charge in [0.15, 0.2) is 0 Å². The summed E-state index contributed by atoms with van der Waals surface area (Å²) in [6.07, 6.45) is 4.20. The van der Waals surface area contributed by atoms with E-state index in [2.05, 4.69) is 28.7 Å². The second-order valence-electron chi connectivity index (χ2n) is 6.53. The van der Waals surface area contributed by atoms with Gasteiger partial charge < -0.3 is 10.0 Å². The average Bonchev–Trinajstić information content (AvgIpc) is 2.73. The van der Waals surface area contributed by atoms with Crippen molar-refractivity contribution in [1.82, 2.24) is 14.5 Å². The molecule has 0 spiro atoms. The number of pyridine rings is 2. The maximum atomic E-state index is 12.9. The highest BCUT2D eigenvalue weighted by Crippen LogP contribution is 2.25. The zero-order chi connectivity index (χ0) is 19.9. The van der Waals surface area contributed by atoms with Gasteiger partial charge in [0.05, 0.1) is 5.56 Å². The third-order valence-electron chi connectivity index (χ3n) is 4.86. The van der Waals surface area contributed by atoms with Crippen LogP contribution in [0.2, 0.25) is 0 Å². The molecule has 2 heterocycles. The Kier molecular flexibility index (Phi) is 6.55. The summed E-state index contributed by atoms with van der Waals surface area (Å²) in [6, 6.07) is 12.5. The molecule has 0 aliphatic heterocycles. The summed E-state index contributed by atoms with van der Waals surface area (Å²) in [5, 5.41) is 12.1. The number of hydrogen-bond donors (Lipinski definition) is 1. The van der Waals surface area contributed by atoms with Crippen LogP contribution >= 0.6 is 0 Å². The van der Waals surface area contributed by atoms with Gasteiger partial charge in [0.2, 0.25) is 5.88 Å². The van der Waals surface area contributed by atoms with Gasteiger partial charge in [0.25, 0.3) is 5.56 Å². The molecule has 0 fully saturated rings. The molecule has 2 aromatic heterocycles. The van der Waals surface area contributed by atoms with E-state index in [1.807, 2.05) is 18.2 Å². The summed E-state index contributed by atoms with van der Waals surface area (Å²) in [6.45, 7) is 8.01. The Bertz CT molecular complexity index is 1010. The Morgan fingerprint density at radius 2 is 1.82 bits per heavy atom. The second kappa shape index (κ2) is 9.28. The molecule has 0 unspecified atom stereocenters. The van der Waals surface area contributed by atoms with E-state index >= 15 is 0 Å². The molecule has 1 N–H and O–H groups in total. The van der Waals surface area contributed by atoms with Gasteiger partial charge in [-0.3, -0.25) is 9.79 Å². The fourth-order valence-electron chi connectivity index (χ4n) is 3.27. The third-order valence-corrected chi connectivity index (χ3v) is 4.86. The number of aliphatic imine (C=N–C) groups is 1. The Morgan fingerprint density at radius 3 is 2.50 bits per heavy atom. The van der Waals surface area contributed by atoms with Crippen LogP contribution in [0.15, 0.2) is 58.4 Å². The van der Waals surface area contributed by atoms with Crippen LogP contribution in [-0.2, 0) is 0 Å². The van der Waals surface area contributed by atoms with Crippen molar-refractivity contribution in [2.75, 3.05) is 26.2 Å². The number of fused-ring (bicyclic) bond motifs is 1. The normalized spacial score (nSPS) is 11.7. The van der Waals surface area contributed by atoms with E-state index in [4.69, 9.17) is 0 Å². The zero-order valence-electron chi connectivity index (χ0n) is 16.4. The van der Waals surface area contributed by atoms with Crippen LogP contribution in [0.3, 0.4) is 0 Å². The first kappa shape index (κ1) is 19.8. The second-order valence-corrected chi connectivity index (χ2v) is 6.53. The van der Waals surface area contributed by atoms with Crippen molar-refractivity contribution in [1.29, 1.82) is 0 Å². The predicted molar refractivity (Wildman–Crippen MR) is 114 cm³/mol. The van der Waals surface area contributed by atoms with Crippen molar-refractivity contribution in [2.24, 2.45) is 4.99 Å². The lowest BCUT2D eigenvalue weighted by atomic mass is 10.1. The van der Waals surface area contributed by atoms with Crippen LogP contribution in [0.4, 0.5) is 0 Å². The van der Waals surface area contributed by atoms with Gasteiger partial charge in [-0.15, -0.1) is 0 Å². The molecular formula is C22H26N4O2. The third kappa shape index (κ3) is 4.12. The summed E-state index contributed by atoms with van der Waals surface area (Å²) in [4.78, 5) is 24.0. The van der Waals surface area contributed by atoms with Crippen molar-refractivity contribution in [3.05, 3.63) is 64.6 Å².